The molecule has 0 radical (unpaired) electrons. The van der Waals surface area contributed by atoms with Gasteiger partial charge >= 0.3 is 12.0 Å². The van der Waals surface area contributed by atoms with Crippen molar-refractivity contribution >= 4 is 33.6 Å². The van der Waals surface area contributed by atoms with Crippen LogP contribution in [0.25, 0.3) is 0 Å². The van der Waals surface area contributed by atoms with Gasteiger partial charge in [-0.2, -0.15) is 11.8 Å². The molecule has 0 aromatic heterocycles. The largest absolute Gasteiger partial charge is 0.481 e. The average Bonchev–Trinajstić information content (AvgIpc) is 3.16. The van der Waals surface area contributed by atoms with Crippen LogP contribution in [-0.4, -0.2) is 66.6 Å². The van der Waals surface area contributed by atoms with E-state index in [1.54, 1.807) is 0 Å². The maximum absolute atomic E-state index is 12.1. The first kappa shape index (κ1) is 15.4. The van der Waals surface area contributed by atoms with Crippen LogP contribution in [0.5, 0.6) is 0 Å². The van der Waals surface area contributed by atoms with Gasteiger partial charge in [-0.15, -0.1) is 0 Å². The predicted octanol–water partition coefficient (Wildman–Crippen LogP) is -0.0197. The smallest absolute Gasteiger partial charge is 0.318 e. The van der Waals surface area contributed by atoms with Crippen molar-refractivity contribution in [2.45, 2.75) is 18.2 Å². The molecular weight excluding hydrogens is 304 g/mol. The molecule has 0 aromatic rings. The third kappa shape index (κ3) is 3.20. The zero-order chi connectivity index (χ0) is 15.0. The first-order chi connectivity index (χ1) is 9.26. The Bertz CT molecular complexity index is 515. The monoisotopic (exact) mass is 322 g/mol. The molecule has 2 rings (SSSR count). The molecule has 1 saturated heterocycles. The summed E-state index contributed by atoms with van der Waals surface area (Å²) < 4.78 is 23.4. The van der Waals surface area contributed by atoms with Crippen LogP contribution in [0.3, 0.4) is 0 Å². The first-order valence-electron chi connectivity index (χ1n) is 6.31. The van der Waals surface area contributed by atoms with E-state index < -0.39 is 32.6 Å². The van der Waals surface area contributed by atoms with E-state index in [-0.39, 0.29) is 6.54 Å². The van der Waals surface area contributed by atoms with E-state index in [0.717, 1.165) is 6.26 Å². The number of hydrogen-bond donors (Lipinski definition) is 2. The van der Waals surface area contributed by atoms with E-state index in [1.807, 2.05) is 0 Å². The fourth-order valence-electron chi connectivity index (χ4n) is 2.13. The van der Waals surface area contributed by atoms with Gasteiger partial charge in [0.05, 0.1) is 5.41 Å². The molecule has 1 saturated carbocycles. The second-order valence-electron chi connectivity index (χ2n) is 5.30. The minimum Gasteiger partial charge on any atom is -0.481 e. The van der Waals surface area contributed by atoms with Gasteiger partial charge in [0.25, 0.3) is 0 Å². The van der Waals surface area contributed by atoms with Crippen molar-refractivity contribution in [1.82, 2.24) is 10.2 Å². The predicted molar refractivity (Wildman–Crippen MR) is 75.4 cm³/mol. The molecule has 1 atom stereocenters. The summed E-state index contributed by atoms with van der Waals surface area (Å²) in [6.07, 6.45) is 2.21. The Balaban J connectivity index is 1.98. The van der Waals surface area contributed by atoms with Gasteiger partial charge in [0.1, 0.15) is 5.37 Å². The van der Waals surface area contributed by atoms with Gasteiger partial charge in [-0.1, -0.05) is 0 Å². The van der Waals surface area contributed by atoms with Gasteiger partial charge in [-0.25, -0.2) is 13.2 Å². The van der Waals surface area contributed by atoms with Gasteiger partial charge in [-0.3, -0.25) is 4.79 Å². The highest BCUT2D eigenvalue weighted by atomic mass is 32.2. The van der Waals surface area contributed by atoms with Crippen molar-refractivity contribution in [3.63, 3.8) is 0 Å². The lowest BCUT2D eigenvalue weighted by Crippen LogP contribution is -2.54. The van der Waals surface area contributed by atoms with Crippen LogP contribution >= 0.6 is 11.8 Å². The Hall–Kier alpha value is -0.960. The number of carbonyl (C=O) groups is 2. The summed E-state index contributed by atoms with van der Waals surface area (Å²) in [4.78, 5) is 24.4. The second kappa shape index (κ2) is 5.44. The number of urea groups is 1. The number of carbonyl (C=O) groups excluding carboxylic acids is 1. The van der Waals surface area contributed by atoms with Gasteiger partial charge in [0.2, 0.25) is 0 Å². The molecule has 0 aromatic carbocycles. The van der Waals surface area contributed by atoms with Crippen LogP contribution in [0.1, 0.15) is 12.8 Å². The van der Waals surface area contributed by atoms with Gasteiger partial charge in [-0.05, 0) is 12.8 Å². The third-order valence-corrected chi connectivity index (χ3v) is 6.37. The van der Waals surface area contributed by atoms with E-state index in [0.29, 0.717) is 30.9 Å². The number of carboxylic acids is 1. The lowest BCUT2D eigenvalue weighted by Gasteiger charge is -2.34. The lowest BCUT2D eigenvalue weighted by molar-refractivity contribution is -0.143. The molecule has 114 valence electrons. The summed E-state index contributed by atoms with van der Waals surface area (Å²) in [6, 6.07) is -0.492. The second-order valence-corrected chi connectivity index (χ2v) is 8.65. The van der Waals surface area contributed by atoms with Crippen molar-refractivity contribution in [1.29, 1.82) is 0 Å². The van der Waals surface area contributed by atoms with E-state index in [2.05, 4.69) is 5.32 Å². The molecule has 2 N–H and O–H groups in total. The first-order valence-corrected chi connectivity index (χ1v) is 9.42. The Morgan fingerprint density at radius 2 is 2.10 bits per heavy atom. The summed E-state index contributed by atoms with van der Waals surface area (Å²) in [6.45, 7) is 0.412. The van der Waals surface area contributed by atoms with Crippen LogP contribution in [0, 0.1) is 5.41 Å². The van der Waals surface area contributed by atoms with Crippen molar-refractivity contribution < 1.29 is 23.1 Å². The number of aliphatic carboxylic acids is 1. The molecular formula is C11H18N2O5S2. The minimum atomic E-state index is -3.35. The zero-order valence-corrected chi connectivity index (χ0v) is 12.8. The molecule has 9 heteroatoms. The Morgan fingerprint density at radius 1 is 1.45 bits per heavy atom. The van der Waals surface area contributed by atoms with Crippen molar-refractivity contribution in [2.24, 2.45) is 5.41 Å². The van der Waals surface area contributed by atoms with Crippen molar-refractivity contribution in [3.05, 3.63) is 0 Å². The average molecular weight is 322 g/mol. The molecule has 1 heterocycles. The normalized spacial score (nSPS) is 25.1. The summed E-state index contributed by atoms with van der Waals surface area (Å²) in [7, 11) is -3.35. The van der Waals surface area contributed by atoms with Crippen LogP contribution < -0.4 is 5.32 Å². The summed E-state index contributed by atoms with van der Waals surface area (Å²) >= 11 is 1.50. The molecule has 1 aliphatic heterocycles. The van der Waals surface area contributed by atoms with Gasteiger partial charge < -0.3 is 15.3 Å². The molecule has 2 amide bonds. The maximum atomic E-state index is 12.1. The molecule has 7 nitrogen and oxygen atoms in total. The fraction of sp³-hybridized carbons (Fsp3) is 0.818. The van der Waals surface area contributed by atoms with E-state index in [1.165, 1.54) is 16.7 Å². The molecule has 20 heavy (non-hydrogen) atoms. The van der Waals surface area contributed by atoms with Crippen LogP contribution in [0.2, 0.25) is 0 Å². The van der Waals surface area contributed by atoms with Crippen LogP contribution in [0.15, 0.2) is 0 Å². The number of sulfone groups is 1. The number of carboxylic acid groups (broad SMARTS) is 1. The molecule has 1 aliphatic carbocycles. The highest BCUT2D eigenvalue weighted by Gasteiger charge is 2.50. The number of nitrogens with zero attached hydrogens (tertiary/aromatic N) is 1. The number of rotatable bonds is 4. The molecule has 2 aliphatic rings. The molecule has 1 unspecified atom stereocenters. The van der Waals surface area contributed by atoms with E-state index in [4.69, 9.17) is 5.11 Å². The summed E-state index contributed by atoms with van der Waals surface area (Å²) in [5, 5.41) is 10.8. The molecule has 2 fully saturated rings. The van der Waals surface area contributed by atoms with E-state index >= 15 is 0 Å². The standard InChI is InChI=1S/C11H18N2O5S2/c1-20(17,18)8-6-19-5-4-13(8)10(16)12-7-11(2-3-11)9(14)15/h8H,2-7H2,1H3,(H,12,16)(H,14,15). The van der Waals surface area contributed by atoms with Crippen molar-refractivity contribution in [2.75, 3.05) is 30.9 Å². The Morgan fingerprint density at radius 3 is 2.60 bits per heavy atom. The Labute approximate surface area is 122 Å². The fourth-order valence-corrected chi connectivity index (χ4v) is 4.95. The molecule has 0 bridgehead atoms. The highest BCUT2D eigenvalue weighted by Crippen LogP contribution is 2.45. The summed E-state index contributed by atoms with van der Waals surface area (Å²) in [5.41, 5.74) is -0.846. The number of hydrogen-bond acceptors (Lipinski definition) is 5. The topological polar surface area (TPSA) is 104 Å². The summed E-state index contributed by atoms with van der Waals surface area (Å²) in [5.74, 6) is 0.131. The Kier molecular flexibility index (Phi) is 4.19. The van der Waals surface area contributed by atoms with Gasteiger partial charge in [0, 0.05) is 30.9 Å². The maximum Gasteiger partial charge on any atom is 0.318 e. The number of amides is 2. The third-order valence-electron chi connectivity index (χ3n) is 3.72. The number of nitrogens with one attached hydrogen (secondary N) is 1. The lowest BCUT2D eigenvalue weighted by atomic mass is 10.1. The molecule has 0 spiro atoms. The van der Waals surface area contributed by atoms with Gasteiger partial charge in [0.15, 0.2) is 9.84 Å². The van der Waals surface area contributed by atoms with Crippen molar-refractivity contribution in [3.8, 4) is 0 Å². The zero-order valence-electron chi connectivity index (χ0n) is 11.2. The van der Waals surface area contributed by atoms with E-state index in [9.17, 15) is 18.0 Å². The SMILES string of the molecule is CS(=O)(=O)C1CSCCN1C(=O)NCC1(C(=O)O)CC1. The van der Waals surface area contributed by atoms with Crippen LogP contribution in [0.4, 0.5) is 4.79 Å². The quantitative estimate of drug-likeness (QED) is 0.754. The number of thioether (sulfide) groups is 1. The highest BCUT2D eigenvalue weighted by molar-refractivity contribution is 8.00. The minimum absolute atomic E-state index is 0.0568. The van der Waals surface area contributed by atoms with Crippen LogP contribution in [-0.2, 0) is 14.6 Å².